The molecule has 0 radical (unpaired) electrons. The van der Waals surface area contributed by atoms with Crippen LogP contribution in [-0.4, -0.2) is 29.5 Å². The van der Waals surface area contributed by atoms with Gasteiger partial charge in [0.05, 0.1) is 0 Å². The summed E-state index contributed by atoms with van der Waals surface area (Å²) in [6.07, 6.45) is 0. The fraction of sp³-hybridized carbons (Fsp3) is 0.778. The molecule has 0 unspecified atom stereocenters. The summed E-state index contributed by atoms with van der Waals surface area (Å²) in [5.74, 6) is 0.912. The van der Waals surface area contributed by atoms with E-state index in [2.05, 4.69) is 40.8 Å². The second-order valence-electron chi connectivity index (χ2n) is 4.20. The van der Waals surface area contributed by atoms with Crippen LogP contribution < -0.4 is 10.6 Å². The smallest absolute Gasteiger partial charge is 0.202 e. The van der Waals surface area contributed by atoms with E-state index in [-0.39, 0.29) is 5.41 Å². The van der Waals surface area contributed by atoms with Crippen LogP contribution in [0.1, 0.15) is 26.6 Å². The van der Waals surface area contributed by atoms with E-state index < -0.39 is 0 Å². The molecule has 2 N–H and O–H groups in total. The average Bonchev–Trinajstić information content (AvgIpc) is 2.52. The monoisotopic (exact) mass is 214 g/mol. The maximum atomic E-state index is 4.42. The number of hydrogen-bond acceptors (Lipinski definition) is 5. The highest BCUT2D eigenvalue weighted by Crippen LogP contribution is 2.22. The molecule has 1 heterocycles. The lowest BCUT2D eigenvalue weighted by molar-refractivity contribution is 0.555. The molecule has 0 aliphatic heterocycles. The SMILES string of the molecule is CNCCNc1nc(C(C)(C)C)ns1. The molecule has 0 spiro atoms. The van der Waals surface area contributed by atoms with Gasteiger partial charge >= 0.3 is 0 Å². The Morgan fingerprint density at radius 1 is 1.29 bits per heavy atom. The lowest BCUT2D eigenvalue weighted by atomic mass is 9.96. The van der Waals surface area contributed by atoms with E-state index in [1.54, 1.807) is 0 Å². The van der Waals surface area contributed by atoms with Gasteiger partial charge in [-0.15, -0.1) is 0 Å². The van der Waals surface area contributed by atoms with Crippen LogP contribution in [-0.2, 0) is 5.41 Å². The van der Waals surface area contributed by atoms with Crippen molar-refractivity contribution in [1.82, 2.24) is 14.7 Å². The van der Waals surface area contributed by atoms with Crippen molar-refractivity contribution in [2.24, 2.45) is 0 Å². The Bertz CT molecular complexity index is 277. The van der Waals surface area contributed by atoms with E-state index in [1.807, 2.05) is 7.05 Å². The quantitative estimate of drug-likeness (QED) is 0.745. The number of rotatable bonds is 4. The number of anilines is 1. The fourth-order valence-corrected chi connectivity index (χ4v) is 1.68. The van der Waals surface area contributed by atoms with Crippen LogP contribution in [0.25, 0.3) is 0 Å². The molecule has 1 rings (SSSR count). The van der Waals surface area contributed by atoms with Gasteiger partial charge in [-0.3, -0.25) is 0 Å². The van der Waals surface area contributed by atoms with Crippen LogP contribution >= 0.6 is 11.5 Å². The molecule has 0 bridgehead atoms. The molecule has 0 aliphatic carbocycles. The minimum absolute atomic E-state index is 0.0411. The summed E-state index contributed by atoms with van der Waals surface area (Å²) in [7, 11) is 1.93. The molecule has 14 heavy (non-hydrogen) atoms. The Labute approximate surface area is 89.3 Å². The predicted molar refractivity (Wildman–Crippen MR) is 61.0 cm³/mol. The van der Waals surface area contributed by atoms with E-state index >= 15 is 0 Å². The molecule has 1 aromatic heterocycles. The highest BCUT2D eigenvalue weighted by atomic mass is 32.1. The first-order chi connectivity index (χ1) is 6.54. The zero-order chi connectivity index (χ0) is 10.6. The Morgan fingerprint density at radius 3 is 2.50 bits per heavy atom. The summed E-state index contributed by atoms with van der Waals surface area (Å²) < 4.78 is 4.31. The van der Waals surface area contributed by atoms with Gasteiger partial charge in [-0.25, -0.2) is 4.98 Å². The molecule has 0 atom stereocenters. The van der Waals surface area contributed by atoms with Gasteiger partial charge in [-0.05, 0) is 7.05 Å². The number of nitrogens with zero attached hydrogens (tertiary/aromatic N) is 2. The molecule has 4 nitrogen and oxygen atoms in total. The van der Waals surface area contributed by atoms with Crippen molar-refractivity contribution < 1.29 is 0 Å². The lowest BCUT2D eigenvalue weighted by Gasteiger charge is -2.12. The van der Waals surface area contributed by atoms with Crippen LogP contribution in [0.3, 0.4) is 0 Å². The maximum Gasteiger partial charge on any atom is 0.202 e. The van der Waals surface area contributed by atoms with Crippen molar-refractivity contribution in [2.75, 3.05) is 25.5 Å². The molecule has 0 aromatic carbocycles. The highest BCUT2D eigenvalue weighted by Gasteiger charge is 2.19. The van der Waals surface area contributed by atoms with Gasteiger partial charge in [0.25, 0.3) is 0 Å². The van der Waals surface area contributed by atoms with Crippen molar-refractivity contribution in [2.45, 2.75) is 26.2 Å². The molecule has 0 aliphatic rings. The van der Waals surface area contributed by atoms with Crippen LogP contribution in [0.2, 0.25) is 0 Å². The summed E-state index contributed by atoms with van der Waals surface area (Å²) in [5.41, 5.74) is 0.0411. The molecule has 0 fully saturated rings. The van der Waals surface area contributed by atoms with Gasteiger partial charge in [-0.1, -0.05) is 20.8 Å². The Kier molecular flexibility index (Phi) is 3.83. The standard InChI is InChI=1S/C9H18N4S/c1-9(2,3)7-12-8(14-13-7)11-6-5-10-4/h10H,5-6H2,1-4H3,(H,11,12,13). The zero-order valence-corrected chi connectivity index (χ0v) is 10.0. The third-order valence-electron chi connectivity index (χ3n) is 1.75. The summed E-state index contributed by atoms with van der Waals surface area (Å²) in [4.78, 5) is 4.42. The van der Waals surface area contributed by atoms with E-state index in [0.29, 0.717) is 0 Å². The van der Waals surface area contributed by atoms with Crippen molar-refractivity contribution in [3.05, 3.63) is 5.82 Å². The minimum atomic E-state index is 0.0411. The third kappa shape index (κ3) is 3.23. The largest absolute Gasteiger partial charge is 0.359 e. The van der Waals surface area contributed by atoms with Crippen molar-refractivity contribution in [1.29, 1.82) is 0 Å². The second kappa shape index (κ2) is 4.70. The molecular formula is C9H18N4S. The number of aromatic nitrogens is 2. The average molecular weight is 214 g/mol. The maximum absolute atomic E-state index is 4.42. The summed E-state index contributed by atoms with van der Waals surface area (Å²) in [6, 6.07) is 0. The molecule has 5 heteroatoms. The van der Waals surface area contributed by atoms with Crippen LogP contribution in [0, 0.1) is 0 Å². The van der Waals surface area contributed by atoms with Gasteiger partial charge in [0, 0.05) is 30.0 Å². The van der Waals surface area contributed by atoms with Gasteiger partial charge in [0.15, 0.2) is 0 Å². The fourth-order valence-electron chi connectivity index (χ4n) is 0.894. The Balaban J connectivity index is 2.51. The first-order valence-corrected chi connectivity index (χ1v) is 5.54. The predicted octanol–water partition coefficient (Wildman–Crippen LogP) is 1.47. The molecule has 1 aromatic rings. The highest BCUT2D eigenvalue weighted by molar-refractivity contribution is 7.09. The van der Waals surface area contributed by atoms with Crippen LogP contribution in [0.5, 0.6) is 0 Å². The molecule has 0 amide bonds. The summed E-state index contributed by atoms with van der Waals surface area (Å²) >= 11 is 1.43. The zero-order valence-electron chi connectivity index (χ0n) is 9.22. The first kappa shape index (κ1) is 11.4. The lowest BCUT2D eigenvalue weighted by Crippen LogP contribution is -2.18. The number of likely N-dealkylation sites (N-methyl/N-ethyl adjacent to an activating group) is 1. The minimum Gasteiger partial charge on any atom is -0.359 e. The molecule has 80 valence electrons. The third-order valence-corrected chi connectivity index (χ3v) is 2.42. The van der Waals surface area contributed by atoms with Crippen LogP contribution in [0.4, 0.5) is 5.13 Å². The second-order valence-corrected chi connectivity index (χ2v) is 4.96. The van der Waals surface area contributed by atoms with Crippen molar-refractivity contribution >= 4 is 16.7 Å². The topological polar surface area (TPSA) is 49.8 Å². The van der Waals surface area contributed by atoms with E-state index in [1.165, 1.54) is 11.5 Å². The van der Waals surface area contributed by atoms with Gasteiger partial charge in [-0.2, -0.15) is 4.37 Å². The number of nitrogens with one attached hydrogen (secondary N) is 2. The van der Waals surface area contributed by atoms with Gasteiger partial charge in [0.2, 0.25) is 5.13 Å². The van der Waals surface area contributed by atoms with Crippen LogP contribution in [0.15, 0.2) is 0 Å². The van der Waals surface area contributed by atoms with Crippen molar-refractivity contribution in [3.63, 3.8) is 0 Å². The summed E-state index contributed by atoms with van der Waals surface area (Å²) in [5, 5.41) is 7.20. The normalized spacial score (nSPS) is 11.7. The first-order valence-electron chi connectivity index (χ1n) is 4.76. The van der Waals surface area contributed by atoms with Crippen molar-refractivity contribution in [3.8, 4) is 0 Å². The molecular weight excluding hydrogens is 196 g/mol. The van der Waals surface area contributed by atoms with Gasteiger partial charge in [0.1, 0.15) is 5.82 Å². The van der Waals surface area contributed by atoms with Gasteiger partial charge < -0.3 is 10.6 Å². The number of hydrogen-bond donors (Lipinski definition) is 2. The Morgan fingerprint density at radius 2 is 2.00 bits per heavy atom. The molecule has 0 saturated heterocycles. The Hall–Kier alpha value is -0.680. The summed E-state index contributed by atoms with van der Waals surface area (Å²) in [6.45, 7) is 8.17. The molecule has 0 saturated carbocycles. The van der Waals surface area contributed by atoms with E-state index in [9.17, 15) is 0 Å². The van der Waals surface area contributed by atoms with E-state index in [4.69, 9.17) is 0 Å². The van der Waals surface area contributed by atoms with E-state index in [0.717, 1.165) is 24.0 Å².